The largest absolute Gasteiger partial charge is 0.411 e. The summed E-state index contributed by atoms with van der Waals surface area (Å²) in [6.07, 6.45) is -2.77. The van der Waals surface area contributed by atoms with Gasteiger partial charge in [0.1, 0.15) is 12.4 Å². The monoisotopic (exact) mass is 369 g/mol. The number of rotatable bonds is 6. The van der Waals surface area contributed by atoms with Gasteiger partial charge in [0.05, 0.1) is 30.1 Å². The Morgan fingerprint density at radius 1 is 1.35 bits per heavy atom. The Bertz CT molecular complexity index is 773. The van der Waals surface area contributed by atoms with E-state index >= 15 is 0 Å². The van der Waals surface area contributed by atoms with E-state index < -0.39 is 12.8 Å². The third kappa shape index (κ3) is 4.00. The Balaban J connectivity index is 1.71. The third-order valence-corrected chi connectivity index (χ3v) is 4.60. The molecule has 0 N–H and O–H groups in total. The van der Waals surface area contributed by atoms with Crippen LogP contribution in [0.4, 0.5) is 13.2 Å². The number of carbonyl (C=O) groups excluding carboxylic acids is 1. The minimum atomic E-state index is -4.37. The summed E-state index contributed by atoms with van der Waals surface area (Å²) >= 11 is 0. The number of amides is 1. The van der Waals surface area contributed by atoms with Gasteiger partial charge in [-0.3, -0.25) is 4.79 Å². The Morgan fingerprint density at radius 3 is 2.85 bits per heavy atom. The highest BCUT2D eigenvalue weighted by molar-refractivity contribution is 5.78. The average molecular weight is 369 g/mol. The molecule has 1 amide bonds. The van der Waals surface area contributed by atoms with E-state index in [0.717, 1.165) is 36.2 Å². The molecule has 0 radical (unpaired) electrons. The number of halogens is 3. The van der Waals surface area contributed by atoms with Crippen molar-refractivity contribution < 1.29 is 22.7 Å². The Kier molecular flexibility index (Phi) is 5.50. The Morgan fingerprint density at radius 2 is 2.12 bits per heavy atom. The van der Waals surface area contributed by atoms with Crippen LogP contribution in [-0.4, -0.2) is 46.3 Å². The highest BCUT2D eigenvalue weighted by Gasteiger charge is 2.33. The smallest absolute Gasteiger partial charge is 0.372 e. The molecular weight excluding hydrogens is 347 g/mol. The van der Waals surface area contributed by atoms with Crippen molar-refractivity contribution in [3.63, 3.8) is 0 Å². The van der Waals surface area contributed by atoms with E-state index in [-0.39, 0.29) is 25.0 Å². The summed E-state index contributed by atoms with van der Waals surface area (Å²) in [6, 6.07) is 7.68. The number of nitrogens with zero attached hydrogens (tertiary/aromatic N) is 3. The molecule has 1 aromatic heterocycles. The first-order valence-corrected chi connectivity index (χ1v) is 8.80. The maximum Gasteiger partial charge on any atom is 0.411 e. The van der Waals surface area contributed by atoms with Gasteiger partial charge in [-0.15, -0.1) is 0 Å². The summed E-state index contributed by atoms with van der Waals surface area (Å²) in [6.45, 7) is 1.81. The van der Waals surface area contributed by atoms with Gasteiger partial charge in [0.25, 0.3) is 0 Å². The zero-order valence-corrected chi connectivity index (χ0v) is 14.6. The molecule has 0 aliphatic carbocycles. The maximum atomic E-state index is 12.5. The lowest BCUT2D eigenvalue weighted by molar-refractivity contribution is -0.175. The van der Waals surface area contributed by atoms with Crippen molar-refractivity contribution in [3.8, 4) is 0 Å². The molecule has 0 unspecified atom stereocenters. The van der Waals surface area contributed by atoms with Gasteiger partial charge >= 0.3 is 6.18 Å². The van der Waals surface area contributed by atoms with E-state index in [0.29, 0.717) is 6.54 Å². The van der Waals surface area contributed by atoms with Crippen molar-refractivity contribution in [3.05, 3.63) is 30.1 Å². The topological polar surface area (TPSA) is 47.4 Å². The molecule has 2 aromatic rings. The molecule has 5 nitrogen and oxygen atoms in total. The van der Waals surface area contributed by atoms with Crippen molar-refractivity contribution in [2.24, 2.45) is 0 Å². The van der Waals surface area contributed by atoms with Gasteiger partial charge in [-0.1, -0.05) is 12.1 Å². The van der Waals surface area contributed by atoms with Crippen molar-refractivity contribution >= 4 is 16.9 Å². The fraction of sp³-hybridized carbons (Fsp3) is 0.556. The molecule has 8 heteroatoms. The number of para-hydroxylation sites is 2. The third-order valence-electron chi connectivity index (χ3n) is 4.60. The normalized spacial score (nSPS) is 18.0. The lowest BCUT2D eigenvalue weighted by Crippen LogP contribution is -2.33. The summed E-state index contributed by atoms with van der Waals surface area (Å²) in [5.41, 5.74) is 1.91. The molecule has 1 saturated heterocycles. The summed E-state index contributed by atoms with van der Waals surface area (Å²) < 4.78 is 43.0. The summed E-state index contributed by atoms with van der Waals surface area (Å²) in [7, 11) is 0. The van der Waals surface area contributed by atoms with Crippen LogP contribution in [0.2, 0.25) is 0 Å². The van der Waals surface area contributed by atoms with Crippen LogP contribution >= 0.6 is 0 Å². The highest BCUT2D eigenvalue weighted by Crippen LogP contribution is 2.33. The standard InChI is InChI=1S/C18H22F3N3O2/c1-2-23-14-7-4-3-6-13(14)22-17(23)15-8-5-10-24(15)16(25)9-11-26-12-18(19,20)21/h3-4,6-7,15H,2,5,8-12H2,1H3/t15-/m1/s1. The van der Waals surface area contributed by atoms with E-state index in [2.05, 4.69) is 9.30 Å². The second-order valence-corrected chi connectivity index (χ2v) is 6.37. The molecule has 142 valence electrons. The molecule has 3 rings (SSSR count). The predicted octanol–water partition coefficient (Wildman–Crippen LogP) is 3.69. The van der Waals surface area contributed by atoms with Gasteiger partial charge in [0, 0.05) is 13.1 Å². The van der Waals surface area contributed by atoms with Crippen LogP contribution in [0.25, 0.3) is 11.0 Å². The van der Waals surface area contributed by atoms with Crippen LogP contribution in [0.3, 0.4) is 0 Å². The second-order valence-electron chi connectivity index (χ2n) is 6.37. The molecule has 26 heavy (non-hydrogen) atoms. The van der Waals surface area contributed by atoms with E-state index in [9.17, 15) is 18.0 Å². The zero-order valence-electron chi connectivity index (χ0n) is 14.6. The van der Waals surface area contributed by atoms with Crippen LogP contribution in [-0.2, 0) is 16.1 Å². The fourth-order valence-corrected chi connectivity index (χ4v) is 3.51. The SMILES string of the molecule is CCn1c([C@H]2CCCN2C(=O)CCOCC(F)(F)F)nc2ccccc21. The van der Waals surface area contributed by atoms with Gasteiger partial charge in [0.2, 0.25) is 5.91 Å². The summed E-state index contributed by atoms with van der Waals surface area (Å²) in [5, 5.41) is 0. The lowest BCUT2D eigenvalue weighted by atomic mass is 10.2. The molecule has 1 aliphatic heterocycles. The number of ether oxygens (including phenoxy) is 1. The fourth-order valence-electron chi connectivity index (χ4n) is 3.51. The van der Waals surface area contributed by atoms with Crippen molar-refractivity contribution in [1.29, 1.82) is 0 Å². The number of likely N-dealkylation sites (tertiary alicyclic amines) is 1. The number of benzene rings is 1. The molecule has 2 heterocycles. The van der Waals surface area contributed by atoms with E-state index in [4.69, 9.17) is 4.98 Å². The van der Waals surface area contributed by atoms with Crippen molar-refractivity contribution in [2.75, 3.05) is 19.8 Å². The second kappa shape index (κ2) is 7.65. The van der Waals surface area contributed by atoms with Crippen LogP contribution in [0.1, 0.15) is 38.1 Å². The van der Waals surface area contributed by atoms with Crippen molar-refractivity contribution in [2.45, 2.75) is 44.9 Å². The Labute approximate surface area is 149 Å². The number of aromatic nitrogens is 2. The number of fused-ring (bicyclic) bond motifs is 1. The zero-order chi connectivity index (χ0) is 18.7. The van der Waals surface area contributed by atoms with Crippen LogP contribution in [0.5, 0.6) is 0 Å². The first-order chi connectivity index (χ1) is 12.4. The molecule has 0 spiro atoms. The van der Waals surface area contributed by atoms with Gasteiger partial charge in [-0.25, -0.2) is 4.98 Å². The number of hydrogen-bond donors (Lipinski definition) is 0. The maximum absolute atomic E-state index is 12.5. The molecule has 1 fully saturated rings. The molecule has 1 atom stereocenters. The van der Waals surface area contributed by atoms with Crippen LogP contribution in [0, 0.1) is 0 Å². The summed E-state index contributed by atoms with van der Waals surface area (Å²) in [4.78, 5) is 18.9. The number of hydrogen-bond acceptors (Lipinski definition) is 3. The van der Waals surface area contributed by atoms with Gasteiger partial charge < -0.3 is 14.2 Å². The number of imidazole rings is 1. The lowest BCUT2D eigenvalue weighted by Gasteiger charge is -2.25. The summed E-state index contributed by atoms with van der Waals surface area (Å²) in [5.74, 6) is 0.653. The van der Waals surface area contributed by atoms with Crippen LogP contribution in [0.15, 0.2) is 24.3 Å². The number of aryl methyl sites for hydroxylation is 1. The van der Waals surface area contributed by atoms with E-state index in [1.54, 1.807) is 4.90 Å². The van der Waals surface area contributed by atoms with Crippen molar-refractivity contribution in [1.82, 2.24) is 14.5 Å². The predicted molar refractivity (Wildman–Crippen MR) is 90.6 cm³/mol. The quantitative estimate of drug-likeness (QED) is 0.730. The first kappa shape index (κ1) is 18.7. The molecule has 1 aliphatic rings. The molecular formula is C18H22F3N3O2. The van der Waals surface area contributed by atoms with Crippen LogP contribution < -0.4 is 0 Å². The first-order valence-electron chi connectivity index (χ1n) is 8.80. The van der Waals surface area contributed by atoms with Gasteiger partial charge in [-0.2, -0.15) is 13.2 Å². The minimum absolute atomic E-state index is 0.0566. The number of alkyl halides is 3. The molecule has 0 saturated carbocycles. The molecule has 1 aromatic carbocycles. The number of carbonyl (C=O) groups is 1. The Hall–Kier alpha value is -2.09. The molecule has 0 bridgehead atoms. The average Bonchev–Trinajstić information content (AvgIpc) is 3.21. The van der Waals surface area contributed by atoms with E-state index in [1.807, 2.05) is 31.2 Å². The van der Waals surface area contributed by atoms with E-state index in [1.165, 1.54) is 0 Å². The van der Waals surface area contributed by atoms with Gasteiger partial charge in [0.15, 0.2) is 0 Å². The minimum Gasteiger partial charge on any atom is -0.372 e. The highest BCUT2D eigenvalue weighted by atomic mass is 19.4. The van der Waals surface area contributed by atoms with Gasteiger partial charge in [-0.05, 0) is 31.9 Å².